The van der Waals surface area contributed by atoms with Gasteiger partial charge in [0.05, 0.1) is 33.5 Å². The monoisotopic (exact) mass is 571 g/mol. The third kappa shape index (κ3) is 5.76. The minimum absolute atomic E-state index is 0.00675. The van der Waals surface area contributed by atoms with Crippen molar-refractivity contribution in [2.75, 3.05) is 5.75 Å². The lowest BCUT2D eigenvalue weighted by Gasteiger charge is -2.13. The molecular formula is C23H15BrClN5O4S. The molecule has 0 aliphatic heterocycles. The molecule has 0 aliphatic rings. The van der Waals surface area contributed by atoms with Crippen molar-refractivity contribution >= 4 is 68.0 Å². The zero-order valence-corrected chi connectivity index (χ0v) is 20.9. The van der Waals surface area contributed by atoms with Crippen molar-refractivity contribution in [1.82, 2.24) is 15.0 Å². The Balaban J connectivity index is 1.53. The van der Waals surface area contributed by atoms with E-state index in [1.54, 1.807) is 36.4 Å². The number of halogens is 2. The van der Waals surface area contributed by atoms with Crippen LogP contribution in [0.1, 0.15) is 5.56 Å². The van der Waals surface area contributed by atoms with Gasteiger partial charge >= 0.3 is 0 Å². The Labute approximate surface area is 216 Å². The second-order valence-electron chi connectivity index (χ2n) is 7.08. The highest BCUT2D eigenvalue weighted by Gasteiger charge is 2.15. The first-order valence-corrected chi connectivity index (χ1v) is 12.2. The fourth-order valence-corrected chi connectivity index (χ4v) is 4.37. The minimum Gasteiger partial charge on any atom is -0.272 e. The number of nitrogens with zero attached hydrogens (tertiary/aromatic N) is 4. The topological polar surface area (TPSA) is 119 Å². The molecule has 0 unspecified atom stereocenters. The van der Waals surface area contributed by atoms with Gasteiger partial charge in [-0.05, 0) is 42.5 Å². The molecule has 0 atom stereocenters. The summed E-state index contributed by atoms with van der Waals surface area (Å²) in [6.45, 7) is 0. The van der Waals surface area contributed by atoms with Crippen molar-refractivity contribution in [1.29, 1.82) is 0 Å². The summed E-state index contributed by atoms with van der Waals surface area (Å²) in [5.74, 6) is -0.515. The Bertz CT molecular complexity index is 1530. The molecule has 0 radical (unpaired) electrons. The molecule has 0 spiro atoms. The molecule has 1 aromatic heterocycles. The summed E-state index contributed by atoms with van der Waals surface area (Å²) in [4.78, 5) is 40.6. The van der Waals surface area contributed by atoms with Crippen LogP contribution in [0.15, 0.2) is 86.3 Å². The fraction of sp³-hybridized carbons (Fsp3) is 0.0435. The number of carbonyl (C=O) groups excluding carboxylic acids is 1. The Morgan fingerprint density at radius 3 is 2.69 bits per heavy atom. The first-order valence-electron chi connectivity index (χ1n) is 10.00. The summed E-state index contributed by atoms with van der Waals surface area (Å²) in [6.07, 6.45) is 1.28. The number of benzene rings is 3. The third-order valence-electron chi connectivity index (χ3n) is 4.73. The van der Waals surface area contributed by atoms with Crippen molar-refractivity contribution < 1.29 is 9.72 Å². The van der Waals surface area contributed by atoms with Crippen molar-refractivity contribution in [2.45, 2.75) is 5.16 Å². The first kappa shape index (κ1) is 24.6. The Kier molecular flexibility index (Phi) is 7.59. The third-order valence-corrected chi connectivity index (χ3v) is 6.52. The number of hydrazone groups is 1. The van der Waals surface area contributed by atoms with Gasteiger partial charge in [-0.1, -0.05) is 57.5 Å². The average Bonchev–Trinajstić information content (AvgIpc) is 2.84. The van der Waals surface area contributed by atoms with E-state index in [1.165, 1.54) is 29.0 Å². The van der Waals surface area contributed by atoms with E-state index in [0.29, 0.717) is 27.3 Å². The van der Waals surface area contributed by atoms with E-state index >= 15 is 0 Å². The highest BCUT2D eigenvalue weighted by molar-refractivity contribution is 9.10. The smallest absolute Gasteiger partial charge is 0.272 e. The summed E-state index contributed by atoms with van der Waals surface area (Å²) in [5, 5.41) is 15.7. The molecule has 1 heterocycles. The van der Waals surface area contributed by atoms with Gasteiger partial charge < -0.3 is 0 Å². The lowest BCUT2D eigenvalue weighted by Crippen LogP contribution is -2.24. The minimum atomic E-state index is -0.601. The molecule has 0 saturated heterocycles. The number of amides is 1. The van der Waals surface area contributed by atoms with E-state index in [4.69, 9.17) is 11.6 Å². The molecule has 3 aromatic carbocycles. The molecule has 35 heavy (non-hydrogen) atoms. The molecule has 12 heteroatoms. The number of hydrogen-bond donors (Lipinski definition) is 1. The first-order chi connectivity index (χ1) is 16.8. The summed E-state index contributed by atoms with van der Waals surface area (Å²) >= 11 is 10.3. The Hall–Kier alpha value is -3.54. The number of rotatable bonds is 7. The van der Waals surface area contributed by atoms with E-state index in [9.17, 15) is 19.7 Å². The van der Waals surface area contributed by atoms with Crippen LogP contribution in [0.25, 0.3) is 16.6 Å². The number of nitrogens with one attached hydrogen (secondary N) is 1. The summed E-state index contributed by atoms with van der Waals surface area (Å²) < 4.78 is 2.32. The second kappa shape index (κ2) is 10.8. The molecule has 0 aliphatic carbocycles. The fourth-order valence-electron chi connectivity index (χ4n) is 3.12. The van der Waals surface area contributed by atoms with Crippen molar-refractivity contribution in [2.24, 2.45) is 5.10 Å². The van der Waals surface area contributed by atoms with Crippen LogP contribution in [-0.4, -0.2) is 32.3 Å². The number of fused-ring (bicyclic) bond motifs is 1. The van der Waals surface area contributed by atoms with E-state index in [2.05, 4.69) is 31.4 Å². The van der Waals surface area contributed by atoms with Gasteiger partial charge in [0.1, 0.15) is 5.02 Å². The lowest BCUT2D eigenvalue weighted by molar-refractivity contribution is -0.384. The maximum Gasteiger partial charge on any atom is 0.288 e. The van der Waals surface area contributed by atoms with Gasteiger partial charge in [-0.3, -0.25) is 24.3 Å². The molecule has 9 nitrogen and oxygen atoms in total. The molecule has 0 bridgehead atoms. The Morgan fingerprint density at radius 1 is 1.20 bits per heavy atom. The van der Waals surface area contributed by atoms with Crippen molar-refractivity contribution in [3.8, 4) is 5.69 Å². The van der Waals surface area contributed by atoms with Crippen molar-refractivity contribution in [3.63, 3.8) is 0 Å². The summed E-state index contributed by atoms with van der Waals surface area (Å²) in [5.41, 5.74) is 3.40. The Morgan fingerprint density at radius 2 is 1.94 bits per heavy atom. The number of hydrogen-bond acceptors (Lipinski definition) is 7. The summed E-state index contributed by atoms with van der Waals surface area (Å²) in [7, 11) is 0. The predicted octanol–water partition coefficient (Wildman–Crippen LogP) is 4.95. The van der Waals surface area contributed by atoms with E-state index in [-0.39, 0.29) is 22.0 Å². The molecular weight excluding hydrogens is 558 g/mol. The second-order valence-corrected chi connectivity index (χ2v) is 9.34. The molecule has 0 fully saturated rings. The highest BCUT2D eigenvalue weighted by atomic mass is 79.9. The van der Waals surface area contributed by atoms with Crippen LogP contribution in [0.5, 0.6) is 0 Å². The van der Waals surface area contributed by atoms with Gasteiger partial charge in [0, 0.05) is 16.1 Å². The normalized spacial score (nSPS) is 11.1. The lowest BCUT2D eigenvalue weighted by atomic mass is 10.2. The number of nitro benzene ring substituents is 1. The van der Waals surface area contributed by atoms with Crippen molar-refractivity contribution in [3.05, 3.63) is 102 Å². The highest BCUT2D eigenvalue weighted by Crippen LogP contribution is 2.25. The zero-order valence-electron chi connectivity index (χ0n) is 17.7. The van der Waals surface area contributed by atoms with Gasteiger partial charge in [-0.25, -0.2) is 10.4 Å². The van der Waals surface area contributed by atoms with Crippen LogP contribution < -0.4 is 11.0 Å². The van der Waals surface area contributed by atoms with E-state index < -0.39 is 10.8 Å². The maximum atomic E-state index is 13.2. The van der Waals surface area contributed by atoms with E-state index in [0.717, 1.165) is 16.2 Å². The number of nitro groups is 1. The van der Waals surface area contributed by atoms with E-state index in [1.807, 2.05) is 12.1 Å². The van der Waals surface area contributed by atoms with Crippen LogP contribution in [0.2, 0.25) is 5.02 Å². The molecule has 1 N–H and O–H groups in total. The average molecular weight is 573 g/mol. The molecule has 4 aromatic rings. The van der Waals surface area contributed by atoms with Crippen LogP contribution in [0, 0.1) is 10.1 Å². The number of aromatic nitrogens is 2. The van der Waals surface area contributed by atoms with Gasteiger partial charge in [0.25, 0.3) is 17.2 Å². The maximum absolute atomic E-state index is 13.2. The molecule has 176 valence electrons. The molecule has 4 rings (SSSR count). The van der Waals surface area contributed by atoms with Crippen LogP contribution >= 0.6 is 39.3 Å². The van der Waals surface area contributed by atoms with Crippen LogP contribution in [-0.2, 0) is 4.79 Å². The van der Waals surface area contributed by atoms with Crippen LogP contribution in [0.4, 0.5) is 5.69 Å². The number of carbonyl (C=O) groups is 1. The molecule has 0 saturated carbocycles. The van der Waals surface area contributed by atoms with Crippen LogP contribution in [0.3, 0.4) is 0 Å². The number of thioether (sulfide) groups is 1. The standard InChI is InChI=1S/C23H15BrClN5O4S/c24-15-6-8-16(9-7-15)29-22(32)17-3-1-2-4-19(17)27-23(29)35-13-21(31)28-26-12-14-5-10-18(25)20(11-14)30(33)34/h1-12H,13H2,(H,28,31)/b26-12+. The largest absolute Gasteiger partial charge is 0.288 e. The SMILES string of the molecule is O=C(CSc1nc2ccccc2c(=O)n1-c1ccc(Br)cc1)N/N=C/c1ccc(Cl)c([N+](=O)[O-])c1. The number of para-hydroxylation sites is 1. The van der Waals surface area contributed by atoms with Gasteiger partial charge in [-0.2, -0.15) is 5.10 Å². The van der Waals surface area contributed by atoms with Gasteiger partial charge in [0.15, 0.2) is 5.16 Å². The molecule has 1 amide bonds. The predicted molar refractivity (Wildman–Crippen MR) is 140 cm³/mol. The quantitative estimate of drug-likeness (QED) is 0.110. The summed E-state index contributed by atoms with van der Waals surface area (Å²) in [6, 6.07) is 18.4. The van der Waals surface area contributed by atoms with Gasteiger partial charge in [0.2, 0.25) is 0 Å². The van der Waals surface area contributed by atoms with Gasteiger partial charge in [-0.15, -0.1) is 0 Å². The zero-order chi connectivity index (χ0) is 24.9.